The molecule has 0 saturated heterocycles. The Morgan fingerprint density at radius 2 is 1.96 bits per heavy atom. The van der Waals surface area contributed by atoms with Crippen LogP contribution in [0.2, 0.25) is 0 Å². The molecule has 5 heteroatoms. The first kappa shape index (κ1) is 18.0. The number of fused-ring (bicyclic) bond motifs is 1. The molecule has 3 rings (SSSR count). The number of aromatic nitrogens is 1. The molecule has 1 atom stereocenters. The normalized spacial score (nSPS) is 13.3. The van der Waals surface area contributed by atoms with Gasteiger partial charge in [0.25, 0.3) is 5.91 Å². The van der Waals surface area contributed by atoms with Crippen LogP contribution in [0.3, 0.4) is 0 Å². The quantitative estimate of drug-likeness (QED) is 0.735. The molecule has 0 aliphatic carbocycles. The molecule has 0 spiro atoms. The molecule has 0 radical (unpaired) electrons. The summed E-state index contributed by atoms with van der Waals surface area (Å²) in [6.07, 6.45) is 2.03. The maximum Gasteiger partial charge on any atom is 0.253 e. The van der Waals surface area contributed by atoms with Gasteiger partial charge in [-0.2, -0.15) is 0 Å². The van der Waals surface area contributed by atoms with Crippen LogP contribution in [0.15, 0.2) is 60.8 Å². The molecule has 1 amide bonds. The number of halogens is 1. The lowest BCUT2D eigenvalue weighted by atomic mass is 9.93. The van der Waals surface area contributed by atoms with Crippen molar-refractivity contribution in [1.82, 2.24) is 10.3 Å². The van der Waals surface area contributed by atoms with E-state index in [2.05, 4.69) is 10.3 Å². The van der Waals surface area contributed by atoms with E-state index in [0.717, 1.165) is 5.56 Å². The third-order valence-electron chi connectivity index (χ3n) is 4.24. The minimum absolute atomic E-state index is 0.257. The highest BCUT2D eigenvalue weighted by atomic mass is 19.1. The van der Waals surface area contributed by atoms with Gasteiger partial charge in [0.05, 0.1) is 17.7 Å². The van der Waals surface area contributed by atoms with Crippen LogP contribution in [-0.2, 0) is 11.2 Å². The molecule has 26 heavy (non-hydrogen) atoms. The van der Waals surface area contributed by atoms with Crippen molar-refractivity contribution in [2.24, 2.45) is 0 Å². The number of benzene rings is 2. The van der Waals surface area contributed by atoms with Gasteiger partial charge >= 0.3 is 0 Å². The lowest BCUT2D eigenvalue weighted by Gasteiger charge is -2.30. The fourth-order valence-electron chi connectivity index (χ4n) is 3.09. The fourth-order valence-corrected chi connectivity index (χ4v) is 3.09. The van der Waals surface area contributed by atoms with Crippen LogP contribution in [0.4, 0.5) is 4.39 Å². The average Bonchev–Trinajstić information content (AvgIpc) is 2.62. The smallest absolute Gasteiger partial charge is 0.253 e. The lowest BCUT2D eigenvalue weighted by molar-refractivity contribution is 0.0790. The van der Waals surface area contributed by atoms with Crippen LogP contribution in [0.1, 0.15) is 22.8 Å². The molecular formula is C21H21FN2O2. The van der Waals surface area contributed by atoms with E-state index < -0.39 is 11.4 Å². The summed E-state index contributed by atoms with van der Waals surface area (Å²) in [5, 5.41) is 3.63. The Bertz CT molecular complexity index is 914. The van der Waals surface area contributed by atoms with Crippen molar-refractivity contribution in [1.29, 1.82) is 0 Å². The van der Waals surface area contributed by atoms with Gasteiger partial charge in [0.1, 0.15) is 11.3 Å². The number of rotatable bonds is 6. The molecule has 0 aliphatic heterocycles. The minimum atomic E-state index is -0.579. The van der Waals surface area contributed by atoms with Gasteiger partial charge in [0, 0.05) is 18.7 Å². The van der Waals surface area contributed by atoms with E-state index >= 15 is 0 Å². The molecule has 1 N–H and O–H groups in total. The molecule has 0 aliphatic rings. The third kappa shape index (κ3) is 4.06. The Kier molecular flexibility index (Phi) is 5.28. The molecule has 1 aromatic heterocycles. The number of carbonyl (C=O) groups is 1. The van der Waals surface area contributed by atoms with Crippen LogP contribution < -0.4 is 5.32 Å². The average molecular weight is 352 g/mol. The van der Waals surface area contributed by atoms with E-state index in [9.17, 15) is 9.18 Å². The van der Waals surface area contributed by atoms with E-state index in [0.29, 0.717) is 24.0 Å². The second-order valence-corrected chi connectivity index (χ2v) is 6.65. The predicted molar refractivity (Wildman–Crippen MR) is 99.6 cm³/mol. The van der Waals surface area contributed by atoms with E-state index in [-0.39, 0.29) is 11.4 Å². The van der Waals surface area contributed by atoms with Crippen LogP contribution in [-0.4, -0.2) is 30.1 Å². The first-order chi connectivity index (χ1) is 12.5. The van der Waals surface area contributed by atoms with Gasteiger partial charge in [-0.25, -0.2) is 4.39 Å². The molecule has 1 heterocycles. The van der Waals surface area contributed by atoms with Crippen LogP contribution >= 0.6 is 0 Å². The molecular weight excluding hydrogens is 331 g/mol. The maximum atomic E-state index is 13.8. The second-order valence-electron chi connectivity index (χ2n) is 6.65. The predicted octanol–water partition coefficient (Wildman–Crippen LogP) is 3.75. The Hall–Kier alpha value is -2.79. The van der Waals surface area contributed by atoms with Crippen molar-refractivity contribution in [2.75, 3.05) is 13.7 Å². The molecule has 0 bridgehead atoms. The number of ether oxygens (including phenoxy) is 1. The van der Waals surface area contributed by atoms with Crippen LogP contribution in [0, 0.1) is 5.82 Å². The maximum absolute atomic E-state index is 13.8. The number of hydrogen-bond acceptors (Lipinski definition) is 3. The highest BCUT2D eigenvalue weighted by Crippen LogP contribution is 2.18. The number of methoxy groups -OCH3 is 1. The molecule has 3 aromatic rings. The molecule has 2 aromatic carbocycles. The number of nitrogens with zero attached hydrogens (tertiary/aromatic N) is 1. The molecule has 4 nitrogen and oxygen atoms in total. The van der Waals surface area contributed by atoms with Crippen molar-refractivity contribution < 1.29 is 13.9 Å². The fraction of sp³-hybridized carbons (Fsp3) is 0.238. The Labute approximate surface area is 152 Å². The zero-order valence-electron chi connectivity index (χ0n) is 14.8. The number of nitrogens with one attached hydrogen (secondary N) is 1. The highest BCUT2D eigenvalue weighted by Gasteiger charge is 2.27. The number of amides is 1. The highest BCUT2D eigenvalue weighted by molar-refractivity contribution is 5.97. The minimum Gasteiger partial charge on any atom is -0.382 e. The van der Waals surface area contributed by atoms with E-state index in [1.165, 1.54) is 12.3 Å². The molecule has 0 saturated carbocycles. The summed E-state index contributed by atoms with van der Waals surface area (Å²) in [5.41, 5.74) is 1.17. The molecule has 0 fully saturated rings. The van der Waals surface area contributed by atoms with Gasteiger partial charge in [-0.1, -0.05) is 42.5 Å². The summed E-state index contributed by atoms with van der Waals surface area (Å²) in [5.74, 6) is -0.665. The Morgan fingerprint density at radius 1 is 1.19 bits per heavy atom. The van der Waals surface area contributed by atoms with E-state index in [4.69, 9.17) is 4.74 Å². The lowest BCUT2D eigenvalue weighted by Crippen LogP contribution is -2.51. The van der Waals surface area contributed by atoms with E-state index in [1.54, 1.807) is 25.3 Å². The van der Waals surface area contributed by atoms with Crippen molar-refractivity contribution >= 4 is 16.8 Å². The summed E-state index contributed by atoms with van der Waals surface area (Å²) in [6.45, 7) is 2.30. The molecule has 134 valence electrons. The monoisotopic (exact) mass is 352 g/mol. The van der Waals surface area contributed by atoms with Gasteiger partial charge < -0.3 is 10.1 Å². The first-order valence-corrected chi connectivity index (χ1v) is 8.40. The second kappa shape index (κ2) is 7.62. The summed E-state index contributed by atoms with van der Waals surface area (Å²) < 4.78 is 19.1. The zero-order chi connectivity index (χ0) is 18.6. The van der Waals surface area contributed by atoms with E-state index in [1.807, 2.05) is 37.3 Å². The summed E-state index contributed by atoms with van der Waals surface area (Å²) in [4.78, 5) is 16.8. The van der Waals surface area contributed by atoms with Gasteiger partial charge in [-0.3, -0.25) is 9.78 Å². The van der Waals surface area contributed by atoms with Gasteiger partial charge in [-0.05, 0) is 31.0 Å². The van der Waals surface area contributed by atoms with Crippen molar-refractivity contribution in [3.8, 4) is 0 Å². The zero-order valence-corrected chi connectivity index (χ0v) is 14.8. The Morgan fingerprint density at radius 3 is 2.69 bits per heavy atom. The third-order valence-corrected chi connectivity index (χ3v) is 4.24. The van der Waals surface area contributed by atoms with Crippen LogP contribution in [0.5, 0.6) is 0 Å². The summed E-state index contributed by atoms with van der Waals surface area (Å²) in [6, 6.07) is 16.3. The summed E-state index contributed by atoms with van der Waals surface area (Å²) >= 11 is 0. The van der Waals surface area contributed by atoms with Crippen LogP contribution in [0.25, 0.3) is 10.9 Å². The van der Waals surface area contributed by atoms with Gasteiger partial charge in [-0.15, -0.1) is 0 Å². The molecule has 1 unspecified atom stereocenters. The Balaban J connectivity index is 1.83. The van der Waals surface area contributed by atoms with Gasteiger partial charge in [0.2, 0.25) is 0 Å². The largest absolute Gasteiger partial charge is 0.382 e. The van der Waals surface area contributed by atoms with Crippen molar-refractivity contribution in [3.63, 3.8) is 0 Å². The van der Waals surface area contributed by atoms with Crippen molar-refractivity contribution in [3.05, 3.63) is 77.7 Å². The topological polar surface area (TPSA) is 51.2 Å². The number of hydrogen-bond donors (Lipinski definition) is 1. The standard InChI is InChI=1S/C21H21FN2O2/c1-21(14-26-2,12-15-7-4-3-5-8-15)24-20(25)17-11-16-9-6-10-18(22)19(16)23-13-17/h3-11,13H,12,14H2,1-2H3,(H,24,25). The van der Waals surface area contributed by atoms with Gasteiger partial charge in [0.15, 0.2) is 0 Å². The number of pyridine rings is 1. The number of carbonyl (C=O) groups excluding carboxylic acids is 1. The first-order valence-electron chi connectivity index (χ1n) is 8.40. The van der Waals surface area contributed by atoms with Crippen molar-refractivity contribution in [2.45, 2.75) is 18.9 Å². The number of para-hydroxylation sites is 1. The summed E-state index contributed by atoms with van der Waals surface area (Å²) in [7, 11) is 1.61. The SMILES string of the molecule is COCC(C)(Cc1ccccc1)NC(=O)c1cnc2c(F)cccc2c1.